The van der Waals surface area contributed by atoms with Crippen LogP contribution in [0.3, 0.4) is 0 Å². The quantitative estimate of drug-likeness (QED) is 0.741. The lowest BCUT2D eigenvalue weighted by molar-refractivity contribution is 0.746. The normalized spacial score (nSPS) is 11.1. The third-order valence-corrected chi connectivity index (χ3v) is 3.55. The van der Waals surface area contributed by atoms with Crippen molar-refractivity contribution in [1.82, 2.24) is 14.5 Å². The van der Waals surface area contributed by atoms with E-state index in [1.165, 1.54) is 11.1 Å². The SMILES string of the molecule is CCc1nc2c(C)ccnc2n1Cc1ccc(N)cc1. The third-order valence-electron chi connectivity index (χ3n) is 3.55. The Morgan fingerprint density at radius 1 is 1.15 bits per heavy atom. The molecule has 2 aromatic heterocycles. The van der Waals surface area contributed by atoms with Gasteiger partial charge in [-0.25, -0.2) is 9.97 Å². The van der Waals surface area contributed by atoms with Crippen LogP contribution in [0.2, 0.25) is 0 Å². The number of nitrogens with zero attached hydrogens (tertiary/aromatic N) is 3. The van der Waals surface area contributed by atoms with Gasteiger partial charge >= 0.3 is 0 Å². The second kappa shape index (κ2) is 4.96. The Kier molecular flexibility index (Phi) is 3.14. The van der Waals surface area contributed by atoms with Gasteiger partial charge in [-0.05, 0) is 36.2 Å². The fourth-order valence-corrected chi connectivity index (χ4v) is 2.43. The lowest BCUT2D eigenvalue weighted by Crippen LogP contribution is -2.05. The molecule has 0 spiro atoms. The molecule has 20 heavy (non-hydrogen) atoms. The Morgan fingerprint density at radius 2 is 1.90 bits per heavy atom. The Balaban J connectivity index is 2.10. The number of hydrogen-bond donors (Lipinski definition) is 1. The van der Waals surface area contributed by atoms with Crippen LogP contribution < -0.4 is 5.73 Å². The van der Waals surface area contributed by atoms with Crippen LogP contribution in [0.25, 0.3) is 11.2 Å². The van der Waals surface area contributed by atoms with Crippen molar-refractivity contribution in [1.29, 1.82) is 0 Å². The second-order valence-corrected chi connectivity index (χ2v) is 5.01. The zero-order valence-electron chi connectivity index (χ0n) is 11.8. The first-order chi connectivity index (χ1) is 9.69. The van der Waals surface area contributed by atoms with Crippen LogP contribution in [0.1, 0.15) is 23.9 Å². The van der Waals surface area contributed by atoms with Gasteiger partial charge in [0.25, 0.3) is 0 Å². The highest BCUT2D eigenvalue weighted by atomic mass is 15.1. The van der Waals surface area contributed by atoms with E-state index < -0.39 is 0 Å². The molecule has 0 saturated heterocycles. The Hall–Kier alpha value is -2.36. The zero-order valence-corrected chi connectivity index (χ0v) is 11.8. The van der Waals surface area contributed by atoms with Gasteiger partial charge in [-0.1, -0.05) is 19.1 Å². The monoisotopic (exact) mass is 266 g/mol. The van der Waals surface area contributed by atoms with Gasteiger partial charge in [0.2, 0.25) is 0 Å². The molecule has 102 valence electrons. The van der Waals surface area contributed by atoms with Crippen molar-refractivity contribution in [3.63, 3.8) is 0 Å². The number of nitrogens with two attached hydrogens (primary N) is 1. The van der Waals surface area contributed by atoms with E-state index in [1.807, 2.05) is 24.4 Å². The van der Waals surface area contributed by atoms with E-state index in [4.69, 9.17) is 10.7 Å². The number of nitrogen functional groups attached to an aromatic ring is 1. The highest BCUT2D eigenvalue weighted by Gasteiger charge is 2.12. The molecule has 4 heteroatoms. The molecule has 0 radical (unpaired) electrons. The highest BCUT2D eigenvalue weighted by molar-refractivity contribution is 5.75. The van der Waals surface area contributed by atoms with Crippen molar-refractivity contribution < 1.29 is 0 Å². The molecule has 0 aliphatic heterocycles. The summed E-state index contributed by atoms with van der Waals surface area (Å²) in [7, 11) is 0. The van der Waals surface area contributed by atoms with E-state index in [-0.39, 0.29) is 0 Å². The Bertz CT molecular complexity index is 741. The summed E-state index contributed by atoms with van der Waals surface area (Å²) in [6.45, 7) is 4.97. The molecular formula is C16H18N4. The van der Waals surface area contributed by atoms with Crippen LogP contribution in [0.5, 0.6) is 0 Å². The number of fused-ring (bicyclic) bond motifs is 1. The van der Waals surface area contributed by atoms with Gasteiger partial charge in [0.15, 0.2) is 5.65 Å². The molecule has 2 heterocycles. The van der Waals surface area contributed by atoms with Crippen LogP contribution in [0.4, 0.5) is 5.69 Å². The summed E-state index contributed by atoms with van der Waals surface area (Å²) in [6.07, 6.45) is 2.74. The predicted molar refractivity (Wildman–Crippen MR) is 81.6 cm³/mol. The molecule has 3 rings (SSSR count). The smallest absolute Gasteiger partial charge is 0.160 e. The van der Waals surface area contributed by atoms with E-state index in [9.17, 15) is 0 Å². The van der Waals surface area contributed by atoms with Gasteiger partial charge in [0.1, 0.15) is 11.3 Å². The van der Waals surface area contributed by atoms with Crippen molar-refractivity contribution in [3.05, 3.63) is 53.5 Å². The molecule has 0 unspecified atom stereocenters. The van der Waals surface area contributed by atoms with Gasteiger partial charge in [0, 0.05) is 18.3 Å². The number of pyridine rings is 1. The van der Waals surface area contributed by atoms with Gasteiger partial charge in [-0.3, -0.25) is 0 Å². The molecule has 0 saturated carbocycles. The van der Waals surface area contributed by atoms with Crippen LogP contribution in [0.15, 0.2) is 36.5 Å². The van der Waals surface area contributed by atoms with Crippen LogP contribution in [0, 0.1) is 6.92 Å². The number of anilines is 1. The maximum absolute atomic E-state index is 5.74. The summed E-state index contributed by atoms with van der Waals surface area (Å²) in [5.41, 5.74) is 10.9. The molecule has 0 aliphatic carbocycles. The van der Waals surface area contributed by atoms with Crippen molar-refractivity contribution in [2.45, 2.75) is 26.8 Å². The number of benzene rings is 1. The molecule has 0 bridgehead atoms. The van der Waals surface area contributed by atoms with Gasteiger partial charge in [-0.2, -0.15) is 0 Å². The van der Waals surface area contributed by atoms with Gasteiger partial charge < -0.3 is 10.3 Å². The number of aromatic nitrogens is 3. The first kappa shape index (κ1) is 12.7. The van der Waals surface area contributed by atoms with Crippen LogP contribution in [-0.4, -0.2) is 14.5 Å². The summed E-state index contributed by atoms with van der Waals surface area (Å²) >= 11 is 0. The molecule has 0 aliphatic rings. The second-order valence-electron chi connectivity index (χ2n) is 5.01. The predicted octanol–water partition coefficient (Wildman–Crippen LogP) is 2.93. The number of aryl methyl sites for hydroxylation is 2. The standard InChI is InChI=1S/C16H18N4/c1-3-14-19-15-11(2)8-9-18-16(15)20(14)10-12-4-6-13(17)7-5-12/h4-9H,3,10,17H2,1-2H3. The fourth-order valence-electron chi connectivity index (χ4n) is 2.43. The van der Waals surface area contributed by atoms with Crippen molar-refractivity contribution in [2.24, 2.45) is 0 Å². The van der Waals surface area contributed by atoms with E-state index in [0.29, 0.717) is 0 Å². The molecule has 1 aromatic carbocycles. The number of hydrogen-bond acceptors (Lipinski definition) is 3. The molecular weight excluding hydrogens is 248 g/mol. The topological polar surface area (TPSA) is 56.7 Å². The molecule has 2 N–H and O–H groups in total. The lowest BCUT2D eigenvalue weighted by Gasteiger charge is -2.08. The molecule has 0 fully saturated rings. The molecule has 4 nitrogen and oxygen atoms in total. The third kappa shape index (κ3) is 2.13. The zero-order chi connectivity index (χ0) is 14.1. The largest absolute Gasteiger partial charge is 0.399 e. The summed E-state index contributed by atoms with van der Waals surface area (Å²) in [4.78, 5) is 9.22. The minimum Gasteiger partial charge on any atom is -0.399 e. The highest BCUT2D eigenvalue weighted by Crippen LogP contribution is 2.19. The minimum atomic E-state index is 0.774. The maximum atomic E-state index is 5.74. The summed E-state index contributed by atoms with van der Waals surface area (Å²) in [5.74, 6) is 1.07. The summed E-state index contributed by atoms with van der Waals surface area (Å²) in [5, 5.41) is 0. The maximum Gasteiger partial charge on any atom is 0.160 e. The Morgan fingerprint density at radius 3 is 2.60 bits per heavy atom. The average molecular weight is 266 g/mol. The average Bonchev–Trinajstić information content (AvgIpc) is 2.81. The van der Waals surface area contributed by atoms with Gasteiger partial charge in [-0.15, -0.1) is 0 Å². The van der Waals surface area contributed by atoms with E-state index in [1.54, 1.807) is 0 Å². The summed E-state index contributed by atoms with van der Waals surface area (Å²) in [6, 6.07) is 9.96. The molecule has 0 amide bonds. The van der Waals surface area contributed by atoms with Crippen LogP contribution >= 0.6 is 0 Å². The Labute approximate surface area is 118 Å². The van der Waals surface area contributed by atoms with Crippen molar-refractivity contribution in [2.75, 3.05) is 5.73 Å². The number of rotatable bonds is 3. The fraction of sp³-hybridized carbons (Fsp3) is 0.250. The van der Waals surface area contributed by atoms with Crippen LogP contribution in [-0.2, 0) is 13.0 Å². The van der Waals surface area contributed by atoms with E-state index in [0.717, 1.165) is 35.6 Å². The van der Waals surface area contributed by atoms with Crippen molar-refractivity contribution in [3.8, 4) is 0 Å². The van der Waals surface area contributed by atoms with Crippen molar-refractivity contribution >= 4 is 16.9 Å². The van der Waals surface area contributed by atoms with E-state index >= 15 is 0 Å². The number of imidazole rings is 1. The summed E-state index contributed by atoms with van der Waals surface area (Å²) < 4.78 is 2.19. The molecule has 0 atom stereocenters. The lowest BCUT2D eigenvalue weighted by atomic mass is 10.2. The first-order valence-corrected chi connectivity index (χ1v) is 6.84. The first-order valence-electron chi connectivity index (χ1n) is 6.84. The van der Waals surface area contributed by atoms with E-state index in [2.05, 4.69) is 35.5 Å². The van der Waals surface area contributed by atoms with Gasteiger partial charge in [0.05, 0.1) is 6.54 Å². The molecule has 3 aromatic rings. The minimum absolute atomic E-state index is 0.774.